The van der Waals surface area contributed by atoms with Gasteiger partial charge in [-0.3, -0.25) is 14.9 Å². The van der Waals surface area contributed by atoms with Crippen molar-refractivity contribution in [3.05, 3.63) is 64.2 Å². The maximum atomic E-state index is 12.7. The van der Waals surface area contributed by atoms with E-state index in [1.54, 1.807) is 17.0 Å². The number of nitrogens with one attached hydrogen (secondary N) is 1. The third-order valence-corrected chi connectivity index (χ3v) is 5.41. The number of amides is 1. The van der Waals surface area contributed by atoms with Crippen molar-refractivity contribution in [3.8, 4) is 0 Å². The Labute approximate surface area is 169 Å². The Morgan fingerprint density at radius 1 is 1.10 bits per heavy atom. The van der Waals surface area contributed by atoms with E-state index in [1.165, 1.54) is 6.07 Å². The van der Waals surface area contributed by atoms with Gasteiger partial charge >= 0.3 is 0 Å². The number of para-hydroxylation sites is 1. The smallest absolute Gasteiger partial charge is 0.293 e. The summed E-state index contributed by atoms with van der Waals surface area (Å²) < 4.78 is 5.27. The van der Waals surface area contributed by atoms with Crippen LogP contribution in [0.3, 0.4) is 0 Å². The lowest BCUT2D eigenvalue weighted by atomic mass is 10.1. The van der Waals surface area contributed by atoms with Gasteiger partial charge in [0, 0.05) is 49.5 Å². The highest BCUT2D eigenvalue weighted by Crippen LogP contribution is 2.29. The van der Waals surface area contributed by atoms with Crippen molar-refractivity contribution in [1.82, 2.24) is 4.90 Å². The van der Waals surface area contributed by atoms with Crippen LogP contribution in [0.15, 0.2) is 48.5 Å². The first-order chi connectivity index (χ1) is 14.1. The number of morpholine rings is 1. The van der Waals surface area contributed by atoms with Gasteiger partial charge in [-0.05, 0) is 30.7 Å². The molecule has 1 amide bonds. The third-order valence-electron chi connectivity index (χ3n) is 5.41. The van der Waals surface area contributed by atoms with E-state index in [9.17, 15) is 14.9 Å². The minimum absolute atomic E-state index is 0.0673. The Morgan fingerprint density at radius 2 is 1.86 bits per heavy atom. The molecule has 152 valence electrons. The second-order valence-electron chi connectivity index (χ2n) is 7.31. The molecule has 8 heteroatoms. The van der Waals surface area contributed by atoms with Gasteiger partial charge in [-0.25, -0.2) is 0 Å². The maximum absolute atomic E-state index is 12.7. The molecule has 0 radical (unpaired) electrons. The van der Waals surface area contributed by atoms with Gasteiger partial charge in [0.1, 0.15) is 5.69 Å². The lowest BCUT2D eigenvalue weighted by molar-refractivity contribution is -0.384. The number of nitro benzene ring substituents is 1. The Morgan fingerprint density at radius 3 is 2.59 bits per heavy atom. The van der Waals surface area contributed by atoms with E-state index in [0.29, 0.717) is 37.6 Å². The average Bonchev–Trinajstić information content (AvgIpc) is 3.23. The largest absolute Gasteiger partial charge is 0.378 e. The van der Waals surface area contributed by atoms with E-state index in [2.05, 4.69) is 22.3 Å². The summed E-state index contributed by atoms with van der Waals surface area (Å²) in [5.74, 6) is -0.195. The molecule has 0 aromatic heterocycles. The van der Waals surface area contributed by atoms with Crippen molar-refractivity contribution < 1.29 is 14.5 Å². The van der Waals surface area contributed by atoms with E-state index >= 15 is 0 Å². The number of nitro groups is 1. The molecule has 2 aromatic carbocycles. The van der Waals surface area contributed by atoms with Crippen molar-refractivity contribution in [2.45, 2.75) is 12.5 Å². The summed E-state index contributed by atoms with van der Waals surface area (Å²) in [6.45, 7) is 3.66. The van der Waals surface area contributed by atoms with E-state index in [0.717, 1.165) is 25.2 Å². The molecule has 2 saturated heterocycles. The number of anilines is 2. The third kappa shape index (κ3) is 4.32. The summed E-state index contributed by atoms with van der Waals surface area (Å²) in [4.78, 5) is 27.8. The fourth-order valence-electron chi connectivity index (χ4n) is 3.86. The lowest BCUT2D eigenvalue weighted by Crippen LogP contribution is -2.40. The first-order valence-corrected chi connectivity index (χ1v) is 9.84. The second kappa shape index (κ2) is 8.48. The number of benzene rings is 2. The number of carbonyl (C=O) groups excluding carboxylic acids is 1. The predicted octanol–water partition coefficient (Wildman–Crippen LogP) is 2.76. The van der Waals surface area contributed by atoms with Crippen molar-refractivity contribution in [2.75, 3.05) is 49.6 Å². The van der Waals surface area contributed by atoms with Gasteiger partial charge in [0.05, 0.1) is 18.1 Å². The first kappa shape index (κ1) is 19.2. The van der Waals surface area contributed by atoms with E-state index in [-0.39, 0.29) is 17.6 Å². The molecule has 2 heterocycles. The molecule has 0 aliphatic carbocycles. The molecule has 1 N–H and O–H groups in total. The van der Waals surface area contributed by atoms with Crippen LogP contribution in [0.25, 0.3) is 0 Å². The van der Waals surface area contributed by atoms with Crippen molar-refractivity contribution >= 4 is 23.0 Å². The quantitative estimate of drug-likeness (QED) is 0.618. The molecule has 0 bridgehead atoms. The van der Waals surface area contributed by atoms with Crippen LogP contribution in [0, 0.1) is 10.1 Å². The van der Waals surface area contributed by atoms with Crippen LogP contribution >= 0.6 is 0 Å². The molecule has 2 aromatic rings. The Kier molecular flexibility index (Phi) is 5.62. The predicted molar refractivity (Wildman–Crippen MR) is 111 cm³/mol. The molecule has 8 nitrogen and oxygen atoms in total. The fourth-order valence-corrected chi connectivity index (χ4v) is 3.86. The van der Waals surface area contributed by atoms with E-state index in [4.69, 9.17) is 4.74 Å². The van der Waals surface area contributed by atoms with Crippen molar-refractivity contribution in [3.63, 3.8) is 0 Å². The fraction of sp³-hybridized carbons (Fsp3) is 0.381. The summed E-state index contributed by atoms with van der Waals surface area (Å²) >= 11 is 0. The highest BCUT2D eigenvalue weighted by molar-refractivity contribution is 5.95. The Balaban J connectivity index is 1.47. The molecule has 2 aliphatic rings. The normalized spacial score (nSPS) is 19.2. The Hall–Kier alpha value is -3.13. The van der Waals surface area contributed by atoms with Gasteiger partial charge in [0.2, 0.25) is 0 Å². The number of hydrogen-bond donors (Lipinski definition) is 1. The molecule has 2 fully saturated rings. The highest BCUT2D eigenvalue weighted by Gasteiger charge is 2.27. The molecular weight excluding hydrogens is 372 g/mol. The van der Waals surface area contributed by atoms with Gasteiger partial charge in [-0.15, -0.1) is 0 Å². The first-order valence-electron chi connectivity index (χ1n) is 9.84. The van der Waals surface area contributed by atoms with Gasteiger partial charge in [0.25, 0.3) is 11.6 Å². The van der Waals surface area contributed by atoms with Crippen LogP contribution in [0.5, 0.6) is 0 Å². The average molecular weight is 396 g/mol. The summed E-state index contributed by atoms with van der Waals surface area (Å²) in [6.07, 6.45) is 0.889. The van der Waals surface area contributed by atoms with Crippen molar-refractivity contribution in [2.24, 2.45) is 0 Å². The van der Waals surface area contributed by atoms with Gasteiger partial charge in [-0.1, -0.05) is 18.2 Å². The number of ether oxygens (including phenoxy) is 1. The van der Waals surface area contributed by atoms with Gasteiger partial charge in [-0.2, -0.15) is 0 Å². The molecule has 2 aliphatic heterocycles. The number of nitrogens with zero attached hydrogens (tertiary/aromatic N) is 3. The second-order valence-corrected chi connectivity index (χ2v) is 7.31. The summed E-state index contributed by atoms with van der Waals surface area (Å²) in [5, 5.41) is 15.0. The zero-order chi connectivity index (χ0) is 20.2. The molecular formula is C21H24N4O4. The number of carbonyl (C=O) groups is 1. The molecule has 4 rings (SSSR count). The van der Waals surface area contributed by atoms with Gasteiger partial charge < -0.3 is 19.9 Å². The van der Waals surface area contributed by atoms with Crippen LogP contribution in [0.4, 0.5) is 17.1 Å². The number of rotatable bonds is 5. The van der Waals surface area contributed by atoms with Crippen LogP contribution in [0.1, 0.15) is 16.8 Å². The minimum atomic E-state index is -0.428. The maximum Gasteiger partial charge on any atom is 0.293 e. The van der Waals surface area contributed by atoms with Crippen LogP contribution in [-0.4, -0.2) is 61.2 Å². The zero-order valence-electron chi connectivity index (χ0n) is 16.1. The molecule has 1 unspecified atom stereocenters. The topological polar surface area (TPSA) is 88.0 Å². The SMILES string of the molecule is O=C(c1ccc(NC2CCN(c3ccccc3)C2)c([N+](=O)[O-])c1)N1CCOCC1. The standard InChI is InChI=1S/C21H24N4O4/c26-21(23-10-12-29-13-11-23)16-6-7-19(20(14-16)25(27)28)22-17-8-9-24(15-17)18-4-2-1-3-5-18/h1-7,14,17,22H,8-13,15H2. The van der Waals surface area contributed by atoms with Gasteiger partial charge in [0.15, 0.2) is 0 Å². The minimum Gasteiger partial charge on any atom is -0.378 e. The summed E-state index contributed by atoms with van der Waals surface area (Å²) in [6, 6.07) is 14.9. The highest BCUT2D eigenvalue weighted by atomic mass is 16.6. The monoisotopic (exact) mass is 396 g/mol. The van der Waals surface area contributed by atoms with Crippen LogP contribution < -0.4 is 10.2 Å². The van der Waals surface area contributed by atoms with Crippen molar-refractivity contribution in [1.29, 1.82) is 0 Å². The molecule has 1 atom stereocenters. The van der Waals surface area contributed by atoms with Crippen LogP contribution in [-0.2, 0) is 4.74 Å². The lowest BCUT2D eigenvalue weighted by Gasteiger charge is -2.27. The summed E-state index contributed by atoms with van der Waals surface area (Å²) in [7, 11) is 0. The summed E-state index contributed by atoms with van der Waals surface area (Å²) in [5.41, 5.74) is 1.87. The van der Waals surface area contributed by atoms with E-state index < -0.39 is 4.92 Å². The molecule has 0 spiro atoms. The Bertz CT molecular complexity index is 884. The zero-order valence-corrected chi connectivity index (χ0v) is 16.1. The van der Waals surface area contributed by atoms with Crippen LogP contribution in [0.2, 0.25) is 0 Å². The van der Waals surface area contributed by atoms with E-state index in [1.807, 2.05) is 18.2 Å². The molecule has 29 heavy (non-hydrogen) atoms. The number of hydrogen-bond acceptors (Lipinski definition) is 6. The molecule has 0 saturated carbocycles.